The van der Waals surface area contributed by atoms with Crippen LogP contribution in [-0.4, -0.2) is 42.0 Å². The van der Waals surface area contributed by atoms with Crippen LogP contribution in [0.5, 0.6) is 0 Å². The Labute approximate surface area is 112 Å². The van der Waals surface area contributed by atoms with Gasteiger partial charge in [0.1, 0.15) is 0 Å². The molecule has 0 aliphatic carbocycles. The zero-order valence-electron chi connectivity index (χ0n) is 12.0. The molecule has 1 aliphatic rings. The zero-order chi connectivity index (χ0) is 13.0. The van der Waals surface area contributed by atoms with E-state index in [0.29, 0.717) is 6.04 Å². The molecule has 18 heavy (non-hydrogen) atoms. The van der Waals surface area contributed by atoms with Crippen LogP contribution in [0.15, 0.2) is 30.3 Å². The Morgan fingerprint density at radius 1 is 1.17 bits per heavy atom. The lowest BCUT2D eigenvalue weighted by Gasteiger charge is -2.38. The smallest absolute Gasteiger partial charge is 0.0233 e. The molecule has 1 saturated heterocycles. The first kappa shape index (κ1) is 13.6. The molecule has 1 fully saturated rings. The third kappa shape index (κ3) is 3.56. The molecule has 0 bridgehead atoms. The van der Waals surface area contributed by atoms with Gasteiger partial charge in [0.2, 0.25) is 0 Å². The van der Waals surface area contributed by atoms with Gasteiger partial charge in [-0.1, -0.05) is 30.3 Å². The Bertz CT molecular complexity index is 339. The van der Waals surface area contributed by atoms with Gasteiger partial charge in [0.05, 0.1) is 0 Å². The molecule has 1 aromatic carbocycles. The van der Waals surface area contributed by atoms with E-state index in [1.54, 1.807) is 0 Å². The van der Waals surface area contributed by atoms with Crippen molar-refractivity contribution in [2.75, 3.05) is 20.1 Å². The SMILES string of the molecule is CC(C)N(C)C1CCN(Cc2ccccc2)CC1. The maximum absolute atomic E-state index is 2.58. The summed E-state index contributed by atoms with van der Waals surface area (Å²) >= 11 is 0. The molecule has 1 heterocycles. The van der Waals surface area contributed by atoms with E-state index in [9.17, 15) is 0 Å². The fourth-order valence-electron chi connectivity index (χ4n) is 2.75. The Hall–Kier alpha value is -0.860. The molecule has 1 aromatic rings. The van der Waals surface area contributed by atoms with Crippen molar-refractivity contribution in [3.05, 3.63) is 35.9 Å². The molecule has 0 atom stereocenters. The number of nitrogens with zero attached hydrogens (tertiary/aromatic N) is 2. The average molecular weight is 246 g/mol. The summed E-state index contributed by atoms with van der Waals surface area (Å²) in [5, 5.41) is 0. The normalized spacial score (nSPS) is 18.7. The first-order valence-electron chi connectivity index (χ1n) is 7.15. The molecule has 2 nitrogen and oxygen atoms in total. The van der Waals surface area contributed by atoms with E-state index >= 15 is 0 Å². The zero-order valence-corrected chi connectivity index (χ0v) is 12.0. The second-order valence-corrected chi connectivity index (χ2v) is 5.75. The van der Waals surface area contributed by atoms with Crippen molar-refractivity contribution in [3.63, 3.8) is 0 Å². The van der Waals surface area contributed by atoms with Gasteiger partial charge >= 0.3 is 0 Å². The van der Waals surface area contributed by atoms with Gasteiger partial charge in [-0.2, -0.15) is 0 Å². The van der Waals surface area contributed by atoms with Crippen LogP contribution in [0.1, 0.15) is 32.3 Å². The molecule has 0 amide bonds. The minimum atomic E-state index is 0.663. The Balaban J connectivity index is 1.80. The second-order valence-electron chi connectivity index (χ2n) is 5.75. The molecule has 0 N–H and O–H groups in total. The van der Waals surface area contributed by atoms with Crippen LogP contribution in [0.25, 0.3) is 0 Å². The highest BCUT2D eigenvalue weighted by Gasteiger charge is 2.23. The first-order chi connectivity index (χ1) is 8.66. The average Bonchev–Trinajstić information content (AvgIpc) is 2.40. The van der Waals surface area contributed by atoms with Crippen LogP contribution in [0, 0.1) is 0 Å². The van der Waals surface area contributed by atoms with Crippen LogP contribution in [-0.2, 0) is 6.54 Å². The molecule has 2 rings (SSSR count). The Morgan fingerprint density at radius 2 is 1.78 bits per heavy atom. The third-order valence-electron chi connectivity index (χ3n) is 4.20. The first-order valence-corrected chi connectivity index (χ1v) is 7.15. The predicted molar refractivity (Wildman–Crippen MR) is 77.6 cm³/mol. The predicted octanol–water partition coefficient (Wildman–Crippen LogP) is 2.99. The summed E-state index contributed by atoms with van der Waals surface area (Å²) in [6.45, 7) is 8.15. The van der Waals surface area contributed by atoms with Crippen molar-refractivity contribution < 1.29 is 0 Å². The monoisotopic (exact) mass is 246 g/mol. The molecule has 1 aliphatic heterocycles. The summed E-state index contributed by atoms with van der Waals surface area (Å²) in [6.07, 6.45) is 2.61. The molecule has 0 aromatic heterocycles. The van der Waals surface area contributed by atoms with Crippen LogP contribution in [0.2, 0.25) is 0 Å². The molecule has 0 saturated carbocycles. The van der Waals surface area contributed by atoms with Crippen molar-refractivity contribution in [2.45, 2.75) is 45.3 Å². The van der Waals surface area contributed by atoms with Gasteiger partial charge in [-0.05, 0) is 52.4 Å². The van der Waals surface area contributed by atoms with Crippen LogP contribution < -0.4 is 0 Å². The van der Waals surface area contributed by atoms with E-state index < -0.39 is 0 Å². The van der Waals surface area contributed by atoms with Gasteiger partial charge in [-0.15, -0.1) is 0 Å². The molecular formula is C16H26N2. The summed E-state index contributed by atoms with van der Waals surface area (Å²) in [7, 11) is 2.27. The lowest BCUT2D eigenvalue weighted by molar-refractivity contribution is 0.104. The minimum Gasteiger partial charge on any atom is -0.301 e. The molecule has 2 heteroatoms. The number of rotatable bonds is 4. The lowest BCUT2D eigenvalue weighted by Crippen LogP contribution is -2.45. The van der Waals surface area contributed by atoms with Crippen molar-refractivity contribution in [1.82, 2.24) is 9.80 Å². The van der Waals surface area contributed by atoms with E-state index in [2.05, 4.69) is 61.0 Å². The highest BCUT2D eigenvalue weighted by atomic mass is 15.2. The number of hydrogen-bond acceptors (Lipinski definition) is 2. The molecular weight excluding hydrogens is 220 g/mol. The van der Waals surface area contributed by atoms with E-state index in [1.165, 1.54) is 31.5 Å². The standard InChI is InChI=1S/C16H26N2/c1-14(2)17(3)16-9-11-18(12-10-16)13-15-7-5-4-6-8-15/h4-8,14,16H,9-13H2,1-3H3. The van der Waals surface area contributed by atoms with Gasteiger partial charge in [0.25, 0.3) is 0 Å². The van der Waals surface area contributed by atoms with Gasteiger partial charge in [0.15, 0.2) is 0 Å². The summed E-state index contributed by atoms with van der Waals surface area (Å²) in [4.78, 5) is 5.11. The molecule has 0 radical (unpaired) electrons. The summed E-state index contributed by atoms with van der Waals surface area (Å²) in [5.74, 6) is 0. The fraction of sp³-hybridized carbons (Fsp3) is 0.625. The third-order valence-corrected chi connectivity index (χ3v) is 4.20. The Morgan fingerprint density at radius 3 is 2.33 bits per heavy atom. The van der Waals surface area contributed by atoms with E-state index in [-0.39, 0.29) is 0 Å². The summed E-state index contributed by atoms with van der Waals surface area (Å²) in [6, 6.07) is 12.3. The molecule has 0 spiro atoms. The highest BCUT2D eigenvalue weighted by molar-refractivity contribution is 5.14. The van der Waals surface area contributed by atoms with Crippen LogP contribution >= 0.6 is 0 Å². The van der Waals surface area contributed by atoms with Crippen molar-refractivity contribution in [2.24, 2.45) is 0 Å². The van der Waals surface area contributed by atoms with Gasteiger partial charge in [0, 0.05) is 18.6 Å². The summed E-state index contributed by atoms with van der Waals surface area (Å²) in [5.41, 5.74) is 1.44. The van der Waals surface area contributed by atoms with Gasteiger partial charge in [-0.3, -0.25) is 4.90 Å². The topological polar surface area (TPSA) is 6.48 Å². The van der Waals surface area contributed by atoms with Gasteiger partial charge in [-0.25, -0.2) is 0 Å². The van der Waals surface area contributed by atoms with Crippen LogP contribution in [0.4, 0.5) is 0 Å². The number of hydrogen-bond donors (Lipinski definition) is 0. The maximum Gasteiger partial charge on any atom is 0.0233 e. The number of piperidine rings is 1. The van der Waals surface area contributed by atoms with E-state index in [0.717, 1.165) is 12.6 Å². The number of benzene rings is 1. The van der Waals surface area contributed by atoms with Crippen LogP contribution in [0.3, 0.4) is 0 Å². The second kappa shape index (κ2) is 6.35. The van der Waals surface area contributed by atoms with Crippen molar-refractivity contribution in [1.29, 1.82) is 0 Å². The Kier molecular flexibility index (Phi) is 4.79. The minimum absolute atomic E-state index is 0.663. The lowest BCUT2D eigenvalue weighted by atomic mass is 10.0. The highest BCUT2D eigenvalue weighted by Crippen LogP contribution is 2.18. The summed E-state index contributed by atoms with van der Waals surface area (Å²) < 4.78 is 0. The van der Waals surface area contributed by atoms with Crippen molar-refractivity contribution >= 4 is 0 Å². The van der Waals surface area contributed by atoms with Crippen molar-refractivity contribution in [3.8, 4) is 0 Å². The molecule has 100 valence electrons. The quantitative estimate of drug-likeness (QED) is 0.806. The fourth-order valence-corrected chi connectivity index (χ4v) is 2.75. The van der Waals surface area contributed by atoms with E-state index in [4.69, 9.17) is 0 Å². The largest absolute Gasteiger partial charge is 0.301 e. The van der Waals surface area contributed by atoms with Gasteiger partial charge < -0.3 is 4.90 Å². The number of likely N-dealkylation sites (tertiary alicyclic amines) is 1. The maximum atomic E-state index is 2.58. The van der Waals surface area contributed by atoms with E-state index in [1.807, 2.05) is 0 Å². The molecule has 0 unspecified atom stereocenters.